The van der Waals surface area contributed by atoms with Crippen LogP contribution in [-0.2, 0) is 11.2 Å². The lowest BCUT2D eigenvalue weighted by atomic mass is 10.1. The molecule has 0 aliphatic rings. The van der Waals surface area contributed by atoms with Gasteiger partial charge in [0.15, 0.2) is 0 Å². The molecule has 0 radical (unpaired) electrons. The summed E-state index contributed by atoms with van der Waals surface area (Å²) in [6.07, 6.45) is 1.86. The second-order valence-electron chi connectivity index (χ2n) is 5.23. The number of amides is 1. The third-order valence-corrected chi connectivity index (χ3v) is 4.78. The number of nitrogens with zero attached hydrogens (tertiary/aromatic N) is 2. The highest BCUT2D eigenvalue weighted by molar-refractivity contribution is 9.10. The topological polar surface area (TPSA) is 68.0 Å². The molecule has 0 saturated heterocycles. The van der Waals surface area contributed by atoms with Crippen LogP contribution in [0.25, 0.3) is 11.0 Å². The number of rotatable bonds is 4. The minimum absolute atomic E-state index is 0.130. The Morgan fingerprint density at radius 1 is 1.41 bits per heavy atom. The van der Waals surface area contributed by atoms with Gasteiger partial charge in [-0.15, -0.1) is 10.2 Å². The SMILES string of the molecule is CC(C)c1nnc(NC(=O)Cc2coc3ccc(Br)cc23)s1. The molecule has 0 saturated carbocycles. The Kier molecular flexibility index (Phi) is 4.26. The fourth-order valence-electron chi connectivity index (χ4n) is 2.05. The number of carbonyl (C=O) groups is 1. The minimum Gasteiger partial charge on any atom is -0.464 e. The van der Waals surface area contributed by atoms with Gasteiger partial charge in [-0.2, -0.15) is 0 Å². The molecule has 0 aliphatic heterocycles. The second-order valence-corrected chi connectivity index (χ2v) is 7.15. The van der Waals surface area contributed by atoms with Crippen LogP contribution in [0.1, 0.15) is 30.3 Å². The zero-order valence-corrected chi connectivity index (χ0v) is 14.5. The summed E-state index contributed by atoms with van der Waals surface area (Å²) in [4.78, 5) is 12.2. The van der Waals surface area contributed by atoms with Crippen molar-refractivity contribution in [1.82, 2.24) is 10.2 Å². The lowest BCUT2D eigenvalue weighted by molar-refractivity contribution is -0.115. The molecule has 0 unspecified atom stereocenters. The minimum atomic E-state index is -0.130. The van der Waals surface area contributed by atoms with Crippen molar-refractivity contribution in [1.29, 1.82) is 0 Å². The summed E-state index contributed by atoms with van der Waals surface area (Å²) < 4.78 is 6.42. The van der Waals surface area contributed by atoms with E-state index < -0.39 is 0 Å². The number of hydrogen-bond acceptors (Lipinski definition) is 5. The lowest BCUT2D eigenvalue weighted by Gasteiger charge is -2.00. The molecule has 2 heterocycles. The summed E-state index contributed by atoms with van der Waals surface area (Å²) in [5, 5.41) is 13.2. The molecule has 0 fully saturated rings. The van der Waals surface area contributed by atoms with Crippen molar-refractivity contribution < 1.29 is 9.21 Å². The Labute approximate surface area is 139 Å². The molecule has 114 valence electrons. The first-order valence-electron chi connectivity index (χ1n) is 6.82. The van der Waals surface area contributed by atoms with Gasteiger partial charge in [-0.25, -0.2) is 0 Å². The van der Waals surface area contributed by atoms with Crippen molar-refractivity contribution in [3.05, 3.63) is 39.5 Å². The maximum absolute atomic E-state index is 12.2. The zero-order valence-electron chi connectivity index (χ0n) is 12.1. The van der Waals surface area contributed by atoms with E-state index in [1.54, 1.807) is 6.26 Å². The standard InChI is InChI=1S/C15H14BrN3O2S/c1-8(2)14-18-19-15(22-14)17-13(20)5-9-7-21-12-4-3-10(16)6-11(9)12/h3-4,6-8H,5H2,1-2H3,(H,17,19,20). The number of halogens is 1. The van der Waals surface area contributed by atoms with Gasteiger partial charge in [-0.1, -0.05) is 41.1 Å². The molecule has 3 rings (SSSR count). The second kappa shape index (κ2) is 6.18. The first-order chi connectivity index (χ1) is 10.5. The summed E-state index contributed by atoms with van der Waals surface area (Å²) in [5.41, 5.74) is 1.62. The van der Waals surface area contributed by atoms with E-state index in [4.69, 9.17) is 4.42 Å². The molecule has 0 atom stereocenters. The van der Waals surface area contributed by atoms with Crippen LogP contribution in [0.15, 0.2) is 33.4 Å². The molecule has 3 aromatic rings. The van der Waals surface area contributed by atoms with Gasteiger partial charge >= 0.3 is 0 Å². The summed E-state index contributed by atoms with van der Waals surface area (Å²) in [5.74, 6) is 0.174. The number of anilines is 1. The molecule has 1 aromatic carbocycles. The summed E-state index contributed by atoms with van der Waals surface area (Å²) >= 11 is 4.83. The smallest absolute Gasteiger partial charge is 0.230 e. The third-order valence-electron chi connectivity index (χ3n) is 3.15. The van der Waals surface area contributed by atoms with Gasteiger partial charge in [0.2, 0.25) is 11.0 Å². The van der Waals surface area contributed by atoms with Crippen molar-refractivity contribution in [2.45, 2.75) is 26.2 Å². The highest BCUT2D eigenvalue weighted by atomic mass is 79.9. The number of carbonyl (C=O) groups excluding carboxylic acids is 1. The Hall–Kier alpha value is -1.73. The predicted octanol–water partition coefficient (Wildman–Crippen LogP) is 4.35. The number of nitrogens with one attached hydrogen (secondary N) is 1. The van der Waals surface area contributed by atoms with Crippen LogP contribution in [0.4, 0.5) is 5.13 Å². The van der Waals surface area contributed by atoms with Crippen LogP contribution in [0.2, 0.25) is 0 Å². The van der Waals surface area contributed by atoms with Crippen molar-refractivity contribution >= 4 is 49.3 Å². The van der Waals surface area contributed by atoms with E-state index in [-0.39, 0.29) is 12.3 Å². The highest BCUT2D eigenvalue weighted by Crippen LogP contribution is 2.26. The fraction of sp³-hybridized carbons (Fsp3) is 0.267. The van der Waals surface area contributed by atoms with Gasteiger partial charge in [0.05, 0.1) is 12.7 Å². The third kappa shape index (κ3) is 3.20. The van der Waals surface area contributed by atoms with Gasteiger partial charge in [0.1, 0.15) is 10.6 Å². The van der Waals surface area contributed by atoms with E-state index in [0.717, 1.165) is 26.0 Å². The largest absolute Gasteiger partial charge is 0.464 e. The van der Waals surface area contributed by atoms with Crippen molar-refractivity contribution in [2.24, 2.45) is 0 Å². The van der Waals surface area contributed by atoms with Gasteiger partial charge in [-0.05, 0) is 18.2 Å². The Balaban J connectivity index is 1.74. The Bertz CT molecular complexity index is 825. The van der Waals surface area contributed by atoms with E-state index in [9.17, 15) is 4.79 Å². The molecule has 5 nitrogen and oxygen atoms in total. The van der Waals surface area contributed by atoms with E-state index in [0.29, 0.717) is 11.0 Å². The van der Waals surface area contributed by atoms with E-state index in [1.807, 2.05) is 32.0 Å². The van der Waals surface area contributed by atoms with Crippen molar-refractivity contribution in [2.75, 3.05) is 5.32 Å². The molecule has 7 heteroatoms. The van der Waals surface area contributed by atoms with Gasteiger partial charge in [0.25, 0.3) is 0 Å². The molecular formula is C15H14BrN3O2S. The lowest BCUT2D eigenvalue weighted by Crippen LogP contribution is -2.13. The zero-order chi connectivity index (χ0) is 15.7. The quantitative estimate of drug-likeness (QED) is 0.731. The van der Waals surface area contributed by atoms with Crippen LogP contribution in [0, 0.1) is 0 Å². The van der Waals surface area contributed by atoms with Crippen LogP contribution in [0.3, 0.4) is 0 Å². The predicted molar refractivity (Wildman–Crippen MR) is 90.2 cm³/mol. The number of aromatic nitrogens is 2. The first-order valence-corrected chi connectivity index (χ1v) is 8.43. The Morgan fingerprint density at radius 3 is 2.95 bits per heavy atom. The van der Waals surface area contributed by atoms with Crippen LogP contribution >= 0.6 is 27.3 Å². The number of hydrogen-bond donors (Lipinski definition) is 1. The van der Waals surface area contributed by atoms with Gasteiger partial charge in [-0.3, -0.25) is 4.79 Å². The summed E-state index contributed by atoms with van der Waals surface area (Å²) in [6, 6.07) is 5.73. The van der Waals surface area contributed by atoms with E-state index in [2.05, 4.69) is 31.4 Å². The van der Waals surface area contributed by atoms with Crippen molar-refractivity contribution in [3.8, 4) is 0 Å². The average Bonchev–Trinajstić information content (AvgIpc) is 3.07. The highest BCUT2D eigenvalue weighted by Gasteiger charge is 2.14. The van der Waals surface area contributed by atoms with Gasteiger partial charge < -0.3 is 9.73 Å². The molecular weight excluding hydrogens is 366 g/mol. The van der Waals surface area contributed by atoms with Crippen LogP contribution in [-0.4, -0.2) is 16.1 Å². The maximum Gasteiger partial charge on any atom is 0.230 e. The molecule has 2 aromatic heterocycles. The number of benzene rings is 1. The van der Waals surface area contributed by atoms with Crippen molar-refractivity contribution in [3.63, 3.8) is 0 Å². The first kappa shape index (κ1) is 15.2. The van der Waals surface area contributed by atoms with E-state index >= 15 is 0 Å². The Morgan fingerprint density at radius 2 is 2.23 bits per heavy atom. The molecule has 0 aliphatic carbocycles. The summed E-state index contributed by atoms with van der Waals surface area (Å²) in [6.45, 7) is 4.09. The number of furan rings is 1. The average molecular weight is 380 g/mol. The number of fused-ring (bicyclic) bond motifs is 1. The normalized spacial score (nSPS) is 11.3. The van der Waals surface area contributed by atoms with Crippen LogP contribution in [0.5, 0.6) is 0 Å². The fourth-order valence-corrected chi connectivity index (χ4v) is 3.17. The summed E-state index contributed by atoms with van der Waals surface area (Å²) in [7, 11) is 0. The molecule has 0 spiro atoms. The van der Waals surface area contributed by atoms with Gasteiger partial charge in [0, 0.05) is 21.3 Å². The maximum atomic E-state index is 12.2. The molecule has 1 N–H and O–H groups in total. The molecule has 0 bridgehead atoms. The monoisotopic (exact) mass is 379 g/mol. The molecule has 1 amide bonds. The molecule has 22 heavy (non-hydrogen) atoms. The van der Waals surface area contributed by atoms with Crippen LogP contribution < -0.4 is 5.32 Å². The van der Waals surface area contributed by atoms with E-state index in [1.165, 1.54) is 11.3 Å².